The van der Waals surface area contributed by atoms with E-state index in [0.29, 0.717) is 12.4 Å². The van der Waals surface area contributed by atoms with Crippen LogP contribution in [0, 0.1) is 0 Å². The van der Waals surface area contributed by atoms with Gasteiger partial charge in [-0.3, -0.25) is 4.79 Å². The minimum absolute atomic E-state index is 0.132. The summed E-state index contributed by atoms with van der Waals surface area (Å²) >= 11 is 0. The van der Waals surface area contributed by atoms with Crippen LogP contribution >= 0.6 is 0 Å². The third kappa shape index (κ3) is 6.84. The van der Waals surface area contributed by atoms with E-state index >= 15 is 0 Å². The van der Waals surface area contributed by atoms with Crippen molar-refractivity contribution in [3.63, 3.8) is 0 Å². The number of nitrogens with zero attached hydrogens (tertiary/aromatic N) is 1. The van der Waals surface area contributed by atoms with Crippen LogP contribution in [0.3, 0.4) is 0 Å². The summed E-state index contributed by atoms with van der Waals surface area (Å²) in [5.41, 5.74) is 2.10. The molecule has 0 atom stereocenters. The number of anilines is 2. The number of rotatable bonds is 10. The molecule has 2 aromatic carbocycles. The summed E-state index contributed by atoms with van der Waals surface area (Å²) in [5, 5.41) is 6.11. The maximum Gasteiger partial charge on any atom is 0.228 e. The smallest absolute Gasteiger partial charge is 0.228 e. The van der Waals surface area contributed by atoms with Gasteiger partial charge in [-0.15, -0.1) is 0 Å². The summed E-state index contributed by atoms with van der Waals surface area (Å²) in [6, 6.07) is 21.1. The summed E-state index contributed by atoms with van der Waals surface area (Å²) in [7, 11) is 1.67. The highest BCUT2D eigenvalue weighted by molar-refractivity contribution is 5.89. The van der Waals surface area contributed by atoms with Crippen LogP contribution in [0.5, 0.6) is 11.5 Å². The molecule has 0 fully saturated rings. The molecule has 0 radical (unpaired) electrons. The molecular weight excluding hydrogens is 366 g/mol. The largest absolute Gasteiger partial charge is 0.497 e. The normalized spacial score (nSPS) is 10.2. The van der Waals surface area contributed by atoms with Crippen LogP contribution < -0.4 is 20.1 Å². The van der Waals surface area contributed by atoms with Crippen molar-refractivity contribution in [1.82, 2.24) is 4.98 Å². The zero-order valence-electron chi connectivity index (χ0n) is 16.4. The average Bonchev–Trinajstić information content (AvgIpc) is 2.76. The van der Waals surface area contributed by atoms with E-state index in [1.54, 1.807) is 19.4 Å². The number of methoxy groups -OCH3 is 1. The Kier molecular flexibility index (Phi) is 7.46. The molecule has 0 saturated carbocycles. The number of amides is 1. The Bertz CT molecular complexity index is 899. The number of carbonyl (C=O) groups excluding carboxylic acids is 1. The highest BCUT2D eigenvalue weighted by Crippen LogP contribution is 2.14. The molecule has 1 aromatic heterocycles. The Morgan fingerprint density at radius 2 is 1.83 bits per heavy atom. The monoisotopic (exact) mass is 391 g/mol. The molecule has 2 N–H and O–H groups in total. The fourth-order valence-corrected chi connectivity index (χ4v) is 2.74. The van der Waals surface area contributed by atoms with Crippen molar-refractivity contribution in [2.75, 3.05) is 30.9 Å². The van der Waals surface area contributed by atoms with Gasteiger partial charge in [0.05, 0.1) is 32.0 Å². The molecule has 0 unspecified atom stereocenters. The lowest BCUT2D eigenvalue weighted by Gasteiger charge is -2.09. The van der Waals surface area contributed by atoms with Crippen LogP contribution in [-0.2, 0) is 11.2 Å². The second kappa shape index (κ2) is 10.7. The first kappa shape index (κ1) is 20.2. The van der Waals surface area contributed by atoms with Crippen LogP contribution in [0.2, 0.25) is 0 Å². The molecule has 3 rings (SSSR count). The zero-order valence-corrected chi connectivity index (χ0v) is 16.4. The maximum absolute atomic E-state index is 12.0. The second-order valence-corrected chi connectivity index (χ2v) is 6.42. The molecule has 1 amide bonds. The van der Waals surface area contributed by atoms with E-state index in [1.165, 1.54) is 5.56 Å². The number of pyridine rings is 1. The van der Waals surface area contributed by atoms with Crippen LogP contribution in [0.4, 0.5) is 11.5 Å². The number of ether oxygens (including phenoxy) is 2. The van der Waals surface area contributed by atoms with Crippen LogP contribution in [0.1, 0.15) is 12.0 Å². The van der Waals surface area contributed by atoms with Crippen molar-refractivity contribution in [3.8, 4) is 11.5 Å². The molecule has 6 heteroatoms. The molecule has 150 valence electrons. The van der Waals surface area contributed by atoms with E-state index in [9.17, 15) is 4.79 Å². The fraction of sp³-hybridized carbons (Fsp3) is 0.217. The van der Waals surface area contributed by atoms with Gasteiger partial charge in [0.1, 0.15) is 17.3 Å². The number of hydrogen-bond donors (Lipinski definition) is 2. The first-order valence-electron chi connectivity index (χ1n) is 9.53. The third-order valence-electron chi connectivity index (χ3n) is 4.25. The highest BCUT2D eigenvalue weighted by atomic mass is 16.5. The summed E-state index contributed by atoms with van der Waals surface area (Å²) in [6.07, 6.45) is 2.84. The van der Waals surface area contributed by atoms with E-state index < -0.39 is 0 Å². The molecule has 1 heterocycles. The number of carbonyl (C=O) groups is 1. The third-order valence-corrected chi connectivity index (χ3v) is 4.25. The summed E-state index contributed by atoms with van der Waals surface area (Å²) < 4.78 is 10.8. The minimum atomic E-state index is -0.132. The Hall–Kier alpha value is -3.54. The first-order valence-corrected chi connectivity index (χ1v) is 9.53. The topological polar surface area (TPSA) is 72.5 Å². The standard InChI is InChI=1S/C23H25N3O3/c1-28-21-9-5-6-18(16-21)12-14-24-19-10-11-22(25-17-19)26-23(27)13-15-29-20-7-3-2-4-8-20/h2-11,16-17,24H,12-15H2,1H3,(H,25,26,27). The van der Waals surface area contributed by atoms with Gasteiger partial charge in [-0.2, -0.15) is 0 Å². The van der Waals surface area contributed by atoms with Gasteiger partial charge in [0.15, 0.2) is 0 Å². The van der Waals surface area contributed by atoms with Gasteiger partial charge in [-0.25, -0.2) is 4.98 Å². The van der Waals surface area contributed by atoms with Crippen molar-refractivity contribution in [1.29, 1.82) is 0 Å². The van der Waals surface area contributed by atoms with Gasteiger partial charge in [0, 0.05) is 6.54 Å². The lowest BCUT2D eigenvalue weighted by Crippen LogP contribution is -2.16. The molecule has 0 saturated heterocycles. The van der Waals surface area contributed by atoms with E-state index in [4.69, 9.17) is 9.47 Å². The van der Waals surface area contributed by atoms with Gasteiger partial charge in [-0.05, 0) is 48.4 Å². The molecule has 6 nitrogen and oxygen atoms in total. The van der Waals surface area contributed by atoms with Gasteiger partial charge >= 0.3 is 0 Å². The lowest BCUT2D eigenvalue weighted by atomic mass is 10.1. The summed E-state index contributed by atoms with van der Waals surface area (Å²) in [4.78, 5) is 16.3. The van der Waals surface area contributed by atoms with Crippen LogP contribution in [0.15, 0.2) is 72.9 Å². The van der Waals surface area contributed by atoms with Crippen LogP contribution in [0.25, 0.3) is 0 Å². The first-order chi connectivity index (χ1) is 14.2. The predicted molar refractivity (Wildman–Crippen MR) is 115 cm³/mol. The SMILES string of the molecule is COc1cccc(CCNc2ccc(NC(=O)CCOc3ccccc3)nc2)c1. The molecule has 0 bridgehead atoms. The van der Waals surface area contributed by atoms with Gasteiger partial charge < -0.3 is 20.1 Å². The lowest BCUT2D eigenvalue weighted by molar-refractivity contribution is -0.116. The molecule has 0 aliphatic rings. The number of aromatic nitrogens is 1. The van der Waals surface area contributed by atoms with Crippen molar-refractivity contribution in [3.05, 3.63) is 78.5 Å². The maximum atomic E-state index is 12.0. The van der Waals surface area contributed by atoms with Gasteiger partial charge in [0.25, 0.3) is 0 Å². The molecule has 29 heavy (non-hydrogen) atoms. The van der Waals surface area contributed by atoms with E-state index in [1.807, 2.05) is 54.6 Å². The molecule has 0 spiro atoms. The van der Waals surface area contributed by atoms with Crippen molar-refractivity contribution in [2.45, 2.75) is 12.8 Å². The van der Waals surface area contributed by atoms with E-state index in [0.717, 1.165) is 30.2 Å². The number of hydrogen-bond acceptors (Lipinski definition) is 5. The average molecular weight is 391 g/mol. The Balaban J connectivity index is 1.38. The van der Waals surface area contributed by atoms with Crippen molar-refractivity contribution >= 4 is 17.4 Å². The molecule has 0 aliphatic carbocycles. The minimum Gasteiger partial charge on any atom is -0.497 e. The quantitative estimate of drug-likeness (QED) is 0.543. The molecular formula is C23H25N3O3. The van der Waals surface area contributed by atoms with E-state index in [-0.39, 0.29) is 12.3 Å². The summed E-state index contributed by atoms with van der Waals surface area (Å²) in [5.74, 6) is 2.00. The fourth-order valence-electron chi connectivity index (χ4n) is 2.74. The van der Waals surface area contributed by atoms with Gasteiger partial charge in [-0.1, -0.05) is 30.3 Å². The zero-order chi connectivity index (χ0) is 20.3. The molecule has 3 aromatic rings. The number of para-hydroxylation sites is 1. The number of nitrogens with one attached hydrogen (secondary N) is 2. The number of benzene rings is 2. The molecule has 0 aliphatic heterocycles. The van der Waals surface area contributed by atoms with E-state index in [2.05, 4.69) is 21.7 Å². The summed E-state index contributed by atoms with van der Waals surface area (Å²) in [6.45, 7) is 1.09. The van der Waals surface area contributed by atoms with Crippen LogP contribution in [-0.4, -0.2) is 31.2 Å². The van der Waals surface area contributed by atoms with Crippen molar-refractivity contribution in [2.24, 2.45) is 0 Å². The Labute approximate surface area is 170 Å². The Morgan fingerprint density at radius 1 is 1.00 bits per heavy atom. The second-order valence-electron chi connectivity index (χ2n) is 6.42. The van der Waals surface area contributed by atoms with Gasteiger partial charge in [0.2, 0.25) is 5.91 Å². The predicted octanol–water partition coefficient (Wildman–Crippen LogP) is 4.15. The van der Waals surface area contributed by atoms with Crippen molar-refractivity contribution < 1.29 is 14.3 Å². The highest BCUT2D eigenvalue weighted by Gasteiger charge is 2.04. The Morgan fingerprint density at radius 3 is 2.59 bits per heavy atom.